The first kappa shape index (κ1) is 24.6. The van der Waals surface area contributed by atoms with Gasteiger partial charge < -0.3 is 4.74 Å². The van der Waals surface area contributed by atoms with Crippen LogP contribution in [0.2, 0.25) is 0 Å². The van der Waals surface area contributed by atoms with E-state index in [4.69, 9.17) is 4.74 Å². The maximum Gasteiger partial charge on any atom is 0.306 e. The molecule has 184 valence electrons. The zero-order chi connectivity index (χ0) is 24.3. The summed E-state index contributed by atoms with van der Waals surface area (Å²) in [5.41, 5.74) is -1.06. The van der Waals surface area contributed by atoms with Crippen molar-refractivity contribution in [3.05, 3.63) is 0 Å². The maximum absolute atomic E-state index is 13.8. The Balaban J connectivity index is 1.52. The minimum atomic E-state index is -0.488. The number of rotatable bonds is 4. The van der Waals surface area contributed by atoms with Crippen LogP contribution in [0.15, 0.2) is 0 Å². The molecule has 0 bridgehead atoms. The molecule has 4 saturated carbocycles. The lowest BCUT2D eigenvalue weighted by molar-refractivity contribution is -0.166. The van der Waals surface area contributed by atoms with Crippen molar-refractivity contribution in [3.63, 3.8) is 0 Å². The summed E-state index contributed by atoms with van der Waals surface area (Å²) in [6.45, 7) is 12.2. The Morgan fingerprint density at radius 3 is 2.42 bits per heavy atom. The van der Waals surface area contributed by atoms with Crippen molar-refractivity contribution < 1.29 is 23.9 Å². The van der Waals surface area contributed by atoms with Crippen LogP contribution in [0.1, 0.15) is 99.3 Å². The fourth-order valence-electron chi connectivity index (χ4n) is 8.33. The number of hydrogen-bond donors (Lipinski definition) is 0. The van der Waals surface area contributed by atoms with Gasteiger partial charge in [0.25, 0.3) is 0 Å². The topological polar surface area (TPSA) is 77.5 Å². The number of ketones is 3. The van der Waals surface area contributed by atoms with Crippen molar-refractivity contribution in [2.24, 2.45) is 46.3 Å². The van der Waals surface area contributed by atoms with Crippen molar-refractivity contribution in [3.8, 4) is 0 Å². The number of carbonyl (C=O) groups is 4. The number of hydrogen-bond acceptors (Lipinski definition) is 5. The van der Waals surface area contributed by atoms with Gasteiger partial charge in [0.1, 0.15) is 23.0 Å². The molecule has 0 aliphatic heterocycles. The summed E-state index contributed by atoms with van der Waals surface area (Å²) in [5, 5.41) is 0. The summed E-state index contributed by atoms with van der Waals surface area (Å²) in [6.07, 6.45) is 5.81. The molecule has 0 aromatic carbocycles. The van der Waals surface area contributed by atoms with Crippen molar-refractivity contribution in [1.82, 2.24) is 0 Å². The average Bonchev–Trinajstić information content (AvgIpc) is 3.06. The van der Waals surface area contributed by atoms with Crippen LogP contribution in [0.5, 0.6) is 0 Å². The number of ether oxygens (including phenoxy) is 1. The Morgan fingerprint density at radius 1 is 1.06 bits per heavy atom. The number of Topliss-reactive ketones (excluding diaryl/α,β-unsaturated/α-hetero) is 3. The quantitative estimate of drug-likeness (QED) is 0.532. The molecule has 8 atom stereocenters. The van der Waals surface area contributed by atoms with E-state index in [0.717, 1.165) is 19.3 Å². The molecule has 0 aromatic heterocycles. The lowest BCUT2D eigenvalue weighted by Crippen LogP contribution is -2.60. The van der Waals surface area contributed by atoms with Gasteiger partial charge in [0.15, 0.2) is 0 Å². The molecule has 5 nitrogen and oxygen atoms in total. The van der Waals surface area contributed by atoms with Crippen LogP contribution in [0.25, 0.3) is 0 Å². The van der Waals surface area contributed by atoms with Gasteiger partial charge in [-0.25, -0.2) is 0 Å². The molecule has 4 rings (SSSR count). The van der Waals surface area contributed by atoms with Gasteiger partial charge in [-0.2, -0.15) is 0 Å². The zero-order valence-electron chi connectivity index (χ0n) is 21.4. The zero-order valence-corrected chi connectivity index (χ0v) is 21.4. The highest BCUT2D eigenvalue weighted by atomic mass is 16.6. The normalized spacial score (nSPS) is 41.8. The number of fused-ring (bicyclic) bond motifs is 5. The van der Waals surface area contributed by atoms with Gasteiger partial charge in [-0.15, -0.1) is 0 Å². The Hall–Kier alpha value is -1.52. The van der Waals surface area contributed by atoms with Crippen LogP contribution in [-0.4, -0.2) is 28.9 Å². The molecule has 0 saturated heterocycles. The SMILES string of the molecule is CC(CCC(=O)OC(C)(C)C)C1CC[C@H]2[C@@H]3C(=O)C[C@@H]4CC(=O)CC[C@]4(C)[C@H]3CC(=O)[C@]12C. The fraction of sp³-hybridized carbons (Fsp3) is 0.857. The molecule has 4 aliphatic carbocycles. The molecule has 4 aliphatic rings. The first-order valence-electron chi connectivity index (χ1n) is 13.1. The molecule has 4 fully saturated rings. The van der Waals surface area contributed by atoms with Crippen LogP contribution in [-0.2, 0) is 23.9 Å². The summed E-state index contributed by atoms with van der Waals surface area (Å²) in [4.78, 5) is 51.7. The van der Waals surface area contributed by atoms with Crippen LogP contribution in [0, 0.1) is 46.3 Å². The molecule has 5 heteroatoms. The Labute approximate surface area is 198 Å². The van der Waals surface area contributed by atoms with E-state index in [9.17, 15) is 19.2 Å². The third-order valence-electron chi connectivity index (χ3n) is 10.1. The molecule has 0 radical (unpaired) electrons. The second-order valence-corrected chi connectivity index (χ2v) is 13.1. The van der Waals surface area contributed by atoms with Crippen LogP contribution < -0.4 is 0 Å². The van der Waals surface area contributed by atoms with Gasteiger partial charge in [-0.05, 0) is 81.5 Å². The predicted molar refractivity (Wildman–Crippen MR) is 125 cm³/mol. The van der Waals surface area contributed by atoms with Crippen LogP contribution in [0.4, 0.5) is 0 Å². The molecular weight excluding hydrogens is 416 g/mol. The van der Waals surface area contributed by atoms with E-state index in [-0.39, 0.29) is 52.7 Å². The minimum absolute atomic E-state index is 0.0507. The van der Waals surface area contributed by atoms with Crippen molar-refractivity contribution in [2.75, 3.05) is 0 Å². The summed E-state index contributed by atoms with van der Waals surface area (Å²) in [6, 6.07) is 0. The highest BCUT2D eigenvalue weighted by Gasteiger charge is 2.66. The molecule has 0 heterocycles. The lowest BCUT2D eigenvalue weighted by Gasteiger charge is -2.58. The van der Waals surface area contributed by atoms with Gasteiger partial charge in [-0.3, -0.25) is 19.2 Å². The molecule has 0 amide bonds. The van der Waals surface area contributed by atoms with Crippen molar-refractivity contribution in [2.45, 2.75) is 105 Å². The third-order valence-corrected chi connectivity index (χ3v) is 10.1. The van der Waals surface area contributed by atoms with Gasteiger partial charge in [-0.1, -0.05) is 20.8 Å². The third kappa shape index (κ3) is 4.12. The number of esters is 1. The van der Waals surface area contributed by atoms with Gasteiger partial charge in [0.05, 0.1) is 0 Å². The molecule has 0 aromatic rings. The van der Waals surface area contributed by atoms with Gasteiger partial charge in [0, 0.05) is 43.4 Å². The van der Waals surface area contributed by atoms with Gasteiger partial charge in [0.2, 0.25) is 0 Å². The highest BCUT2D eigenvalue weighted by molar-refractivity contribution is 5.93. The first-order valence-corrected chi connectivity index (χ1v) is 13.1. The van der Waals surface area contributed by atoms with E-state index in [0.29, 0.717) is 50.1 Å². The average molecular weight is 459 g/mol. The fourth-order valence-corrected chi connectivity index (χ4v) is 8.33. The van der Waals surface area contributed by atoms with Crippen LogP contribution >= 0.6 is 0 Å². The van der Waals surface area contributed by atoms with E-state index in [2.05, 4.69) is 20.8 Å². The van der Waals surface area contributed by atoms with Crippen molar-refractivity contribution in [1.29, 1.82) is 0 Å². The summed E-state index contributed by atoms with van der Waals surface area (Å²) >= 11 is 0. The van der Waals surface area contributed by atoms with E-state index in [1.54, 1.807) is 0 Å². The Kier molecular flexibility index (Phi) is 6.19. The molecule has 33 heavy (non-hydrogen) atoms. The second kappa shape index (κ2) is 8.30. The number of carbonyl (C=O) groups excluding carboxylic acids is 4. The maximum atomic E-state index is 13.8. The summed E-state index contributed by atoms with van der Waals surface area (Å²) in [5.74, 6) is 1.35. The minimum Gasteiger partial charge on any atom is -0.460 e. The summed E-state index contributed by atoms with van der Waals surface area (Å²) in [7, 11) is 0. The van der Waals surface area contributed by atoms with E-state index >= 15 is 0 Å². The molecule has 0 N–H and O–H groups in total. The van der Waals surface area contributed by atoms with E-state index in [1.165, 1.54) is 0 Å². The Bertz CT molecular complexity index is 853. The van der Waals surface area contributed by atoms with E-state index in [1.807, 2.05) is 20.8 Å². The van der Waals surface area contributed by atoms with Gasteiger partial charge >= 0.3 is 5.97 Å². The molecule has 2 unspecified atom stereocenters. The monoisotopic (exact) mass is 458 g/mol. The molecular formula is C28H42O5. The predicted octanol–water partition coefficient (Wildman–Crippen LogP) is 5.33. The lowest BCUT2D eigenvalue weighted by atomic mass is 9.44. The Morgan fingerprint density at radius 2 is 1.76 bits per heavy atom. The smallest absolute Gasteiger partial charge is 0.306 e. The van der Waals surface area contributed by atoms with Crippen molar-refractivity contribution >= 4 is 23.3 Å². The van der Waals surface area contributed by atoms with Crippen LogP contribution in [0.3, 0.4) is 0 Å². The molecule has 0 spiro atoms. The first-order chi connectivity index (χ1) is 15.3. The highest BCUT2D eigenvalue weighted by Crippen LogP contribution is 2.66. The second-order valence-electron chi connectivity index (χ2n) is 13.1. The largest absolute Gasteiger partial charge is 0.460 e. The summed E-state index contributed by atoms with van der Waals surface area (Å²) < 4.78 is 5.48. The standard InChI is InChI=1S/C28H42O5/c1-16(7-10-24(32)33-26(2,3)4)19-8-9-20-25-21(15-23(31)28(19,20)6)27(5)12-11-18(29)13-17(27)14-22(25)30/h16-17,19-21,25H,7-15H2,1-6H3/t16?,17-,19?,20-,21-,25-,27-,28+/m0/s1. The van der Waals surface area contributed by atoms with E-state index < -0.39 is 11.0 Å².